The van der Waals surface area contributed by atoms with Crippen LogP contribution in [0.5, 0.6) is 0 Å². The van der Waals surface area contributed by atoms with E-state index in [2.05, 4.69) is 59.5 Å². The minimum atomic E-state index is -0.0503. The van der Waals surface area contributed by atoms with Crippen LogP contribution in [0.4, 0.5) is 5.13 Å². The summed E-state index contributed by atoms with van der Waals surface area (Å²) in [6, 6.07) is 5.93. The molecular weight excluding hydrogens is 308 g/mol. The van der Waals surface area contributed by atoms with Gasteiger partial charge in [-0.05, 0) is 18.1 Å². The summed E-state index contributed by atoms with van der Waals surface area (Å²) in [7, 11) is 0. The van der Waals surface area contributed by atoms with E-state index in [1.54, 1.807) is 0 Å². The fraction of sp³-hybridized carbons (Fsp3) is 0.500. The maximum Gasteiger partial charge on any atom is 0.203 e. The average molecular weight is 330 g/mol. The Bertz CT molecular complexity index is 798. The molecule has 0 aromatic carbocycles. The van der Waals surface area contributed by atoms with E-state index < -0.39 is 0 Å². The molecule has 0 spiro atoms. The number of aromatic nitrogens is 5. The third-order valence-corrected chi connectivity index (χ3v) is 4.31. The predicted octanol–water partition coefficient (Wildman–Crippen LogP) is 3.69. The van der Waals surface area contributed by atoms with Gasteiger partial charge >= 0.3 is 0 Å². The van der Waals surface area contributed by atoms with Crippen LogP contribution >= 0.6 is 11.5 Å². The van der Waals surface area contributed by atoms with Gasteiger partial charge in [-0.15, -0.1) is 10.2 Å². The van der Waals surface area contributed by atoms with Crippen LogP contribution in [0.3, 0.4) is 0 Å². The van der Waals surface area contributed by atoms with Crippen molar-refractivity contribution in [3.05, 3.63) is 36.0 Å². The summed E-state index contributed by atoms with van der Waals surface area (Å²) < 4.78 is 6.49. The molecule has 0 saturated carbocycles. The van der Waals surface area contributed by atoms with E-state index in [-0.39, 0.29) is 11.5 Å². The van der Waals surface area contributed by atoms with Gasteiger partial charge in [-0.2, -0.15) is 4.37 Å². The van der Waals surface area contributed by atoms with E-state index in [0.717, 1.165) is 22.4 Å². The highest BCUT2D eigenvalue weighted by molar-refractivity contribution is 7.09. The normalized spacial score (nSPS) is 13.7. The molecule has 1 N–H and O–H groups in total. The smallest absolute Gasteiger partial charge is 0.203 e. The minimum Gasteiger partial charge on any atom is -0.350 e. The monoisotopic (exact) mass is 330 g/mol. The fourth-order valence-corrected chi connectivity index (χ4v) is 3.12. The van der Waals surface area contributed by atoms with Gasteiger partial charge in [0.1, 0.15) is 5.82 Å². The number of hydrogen-bond acceptors (Lipinski definition) is 6. The van der Waals surface area contributed by atoms with Gasteiger partial charge in [0.15, 0.2) is 11.5 Å². The lowest BCUT2D eigenvalue weighted by molar-refractivity contribution is 0.515. The number of anilines is 1. The number of fused-ring (bicyclic) bond motifs is 1. The molecule has 0 amide bonds. The summed E-state index contributed by atoms with van der Waals surface area (Å²) in [5, 5.41) is 12.9. The third kappa shape index (κ3) is 3.19. The van der Waals surface area contributed by atoms with Crippen molar-refractivity contribution in [3.63, 3.8) is 0 Å². The van der Waals surface area contributed by atoms with Crippen LogP contribution in [-0.4, -0.2) is 24.0 Å². The highest BCUT2D eigenvalue weighted by Gasteiger charge is 2.25. The molecule has 0 fully saturated rings. The molecule has 3 rings (SSSR count). The Kier molecular flexibility index (Phi) is 4.06. The van der Waals surface area contributed by atoms with E-state index in [0.29, 0.717) is 5.92 Å². The average Bonchev–Trinajstić information content (AvgIpc) is 3.11. The summed E-state index contributed by atoms with van der Waals surface area (Å²) in [5.74, 6) is 2.09. The highest BCUT2D eigenvalue weighted by atomic mass is 32.1. The van der Waals surface area contributed by atoms with Gasteiger partial charge in [0, 0.05) is 23.1 Å². The molecule has 0 aliphatic rings. The van der Waals surface area contributed by atoms with E-state index in [4.69, 9.17) is 0 Å². The predicted molar refractivity (Wildman–Crippen MR) is 92.8 cm³/mol. The van der Waals surface area contributed by atoms with Gasteiger partial charge in [0.25, 0.3) is 0 Å². The first-order valence-corrected chi connectivity index (χ1v) is 8.54. The third-order valence-electron chi connectivity index (χ3n) is 3.66. The lowest BCUT2D eigenvalue weighted by Crippen LogP contribution is -2.20. The Balaban J connectivity index is 1.92. The zero-order valence-corrected chi connectivity index (χ0v) is 14.9. The van der Waals surface area contributed by atoms with Crippen molar-refractivity contribution < 1.29 is 0 Å². The molecule has 3 aromatic heterocycles. The zero-order chi connectivity index (χ0) is 16.6. The summed E-state index contributed by atoms with van der Waals surface area (Å²) >= 11 is 1.40. The zero-order valence-electron chi connectivity index (χ0n) is 14.1. The number of nitrogens with zero attached hydrogens (tertiary/aromatic N) is 5. The summed E-state index contributed by atoms with van der Waals surface area (Å²) in [6.45, 7) is 10.7. The molecule has 23 heavy (non-hydrogen) atoms. The number of nitrogens with one attached hydrogen (secondary N) is 1. The van der Waals surface area contributed by atoms with Crippen LogP contribution in [0.25, 0.3) is 5.65 Å². The van der Waals surface area contributed by atoms with Gasteiger partial charge in [-0.3, -0.25) is 4.40 Å². The van der Waals surface area contributed by atoms with Crippen molar-refractivity contribution >= 4 is 22.3 Å². The molecular formula is C16H22N6S. The van der Waals surface area contributed by atoms with Crippen molar-refractivity contribution in [2.45, 2.75) is 46.1 Å². The van der Waals surface area contributed by atoms with Crippen molar-refractivity contribution in [1.82, 2.24) is 24.0 Å². The molecule has 7 heteroatoms. The minimum absolute atomic E-state index is 0.0215. The molecule has 1 unspecified atom stereocenters. The van der Waals surface area contributed by atoms with Gasteiger partial charge < -0.3 is 5.32 Å². The molecule has 0 aliphatic heterocycles. The van der Waals surface area contributed by atoms with Crippen LogP contribution in [0.1, 0.15) is 52.3 Å². The lowest BCUT2D eigenvalue weighted by Gasteiger charge is -2.20. The van der Waals surface area contributed by atoms with E-state index in [1.165, 1.54) is 11.5 Å². The van der Waals surface area contributed by atoms with Gasteiger partial charge in [-0.1, -0.05) is 40.7 Å². The fourth-order valence-electron chi connectivity index (χ4n) is 2.32. The second-order valence-corrected chi connectivity index (χ2v) is 7.78. The molecule has 122 valence electrons. The van der Waals surface area contributed by atoms with Crippen molar-refractivity contribution in [2.24, 2.45) is 5.92 Å². The number of pyridine rings is 1. The molecule has 0 bridgehead atoms. The second-order valence-electron chi connectivity index (χ2n) is 7.03. The first kappa shape index (κ1) is 15.9. The lowest BCUT2D eigenvalue weighted by atomic mass is 9.96. The Morgan fingerprint density at radius 2 is 1.96 bits per heavy atom. The largest absolute Gasteiger partial charge is 0.350 e. The number of hydrogen-bond donors (Lipinski definition) is 1. The van der Waals surface area contributed by atoms with Crippen LogP contribution in [0.15, 0.2) is 24.4 Å². The number of rotatable bonds is 4. The summed E-state index contributed by atoms with van der Waals surface area (Å²) in [6.07, 6.45) is 1.99. The van der Waals surface area contributed by atoms with Crippen LogP contribution < -0.4 is 5.32 Å². The van der Waals surface area contributed by atoms with Crippen molar-refractivity contribution in [2.75, 3.05) is 5.32 Å². The van der Waals surface area contributed by atoms with Crippen molar-refractivity contribution in [1.29, 1.82) is 0 Å². The van der Waals surface area contributed by atoms with Crippen molar-refractivity contribution in [3.8, 4) is 0 Å². The molecule has 0 aliphatic carbocycles. The topological polar surface area (TPSA) is 68.0 Å². The SMILES string of the molecule is CC(C)C(Nc1nc(C(C)(C)C)ns1)c1nnc2ccccn12. The second kappa shape index (κ2) is 5.88. The first-order chi connectivity index (χ1) is 10.9. The molecule has 0 radical (unpaired) electrons. The maximum absolute atomic E-state index is 4.63. The summed E-state index contributed by atoms with van der Waals surface area (Å²) in [5.41, 5.74) is 0.799. The first-order valence-electron chi connectivity index (χ1n) is 7.76. The van der Waals surface area contributed by atoms with Crippen LogP contribution in [-0.2, 0) is 5.41 Å². The van der Waals surface area contributed by atoms with Gasteiger partial charge in [0.2, 0.25) is 5.13 Å². The molecule has 6 nitrogen and oxygen atoms in total. The van der Waals surface area contributed by atoms with Crippen LogP contribution in [0, 0.1) is 5.92 Å². The Hall–Kier alpha value is -2.02. The molecule has 1 atom stereocenters. The summed E-state index contributed by atoms with van der Waals surface area (Å²) in [4.78, 5) is 4.63. The van der Waals surface area contributed by atoms with E-state index >= 15 is 0 Å². The molecule has 0 saturated heterocycles. The van der Waals surface area contributed by atoms with Gasteiger partial charge in [0.05, 0.1) is 6.04 Å². The highest BCUT2D eigenvalue weighted by Crippen LogP contribution is 2.29. The maximum atomic E-state index is 4.63. The van der Waals surface area contributed by atoms with E-state index in [9.17, 15) is 0 Å². The van der Waals surface area contributed by atoms with Crippen LogP contribution in [0.2, 0.25) is 0 Å². The molecule has 3 aromatic rings. The standard InChI is InChI=1S/C16H22N6S/c1-10(2)12(13-20-19-11-8-6-7-9-22(11)13)17-15-18-14(21-23-15)16(3,4)5/h6-10,12H,1-5H3,(H,17,18,21). The van der Waals surface area contributed by atoms with E-state index in [1.807, 2.05) is 28.8 Å². The van der Waals surface area contributed by atoms with Gasteiger partial charge in [-0.25, -0.2) is 4.98 Å². The Labute approximate surface area is 140 Å². The quantitative estimate of drug-likeness (QED) is 0.790. The molecule has 3 heterocycles. The Morgan fingerprint density at radius 3 is 2.61 bits per heavy atom. The Morgan fingerprint density at radius 1 is 1.17 bits per heavy atom.